The Balaban J connectivity index is 1.45. The number of aliphatic hydroxyl groups is 1. The van der Waals surface area contributed by atoms with Gasteiger partial charge in [-0.3, -0.25) is 19.9 Å². The number of rotatable bonds is 24. The number of nitro groups is 1. The fourth-order valence-electron chi connectivity index (χ4n) is 7.87. The smallest absolute Gasteiger partial charge is 0.289 e. The molecule has 0 bridgehead atoms. The molecular weight excluding hydrogens is 817 g/mol. The van der Waals surface area contributed by atoms with Gasteiger partial charge in [-0.05, 0) is 89.5 Å². The topological polar surface area (TPSA) is 144 Å². The predicted molar refractivity (Wildman–Crippen MR) is 246 cm³/mol. The molecule has 0 aliphatic rings. The summed E-state index contributed by atoms with van der Waals surface area (Å²) < 4.78 is 47.9. The number of ether oxygens (including phenoxy) is 3. The zero-order chi connectivity index (χ0) is 44.6. The molecule has 0 aromatic heterocycles. The summed E-state index contributed by atoms with van der Waals surface area (Å²) in [5.74, 6) is 2.14. The Hall–Kier alpha value is -6.09. The number of nitrogens with one attached hydrogen (secondary N) is 1. The van der Waals surface area contributed by atoms with Crippen LogP contribution < -0.4 is 18.9 Å². The summed E-state index contributed by atoms with van der Waals surface area (Å²) in [5.41, 5.74) is 4.54. The molecule has 3 atom stereocenters. The maximum atomic E-state index is 14.3. The average molecular weight is 873 g/mol. The van der Waals surface area contributed by atoms with Crippen molar-refractivity contribution < 1.29 is 32.7 Å². The van der Waals surface area contributed by atoms with E-state index in [-0.39, 0.29) is 31.7 Å². The molecule has 0 amide bonds. The predicted octanol–water partition coefficient (Wildman–Crippen LogP) is 7.73. The van der Waals surface area contributed by atoms with Gasteiger partial charge in [-0.2, -0.15) is 0 Å². The minimum Gasteiger partial charge on any atom is -0.497 e. The number of nitro benzene ring substituents is 1. The van der Waals surface area contributed by atoms with Crippen molar-refractivity contribution in [3.63, 3.8) is 0 Å². The molecule has 13 heteroatoms. The van der Waals surface area contributed by atoms with Gasteiger partial charge in [0.1, 0.15) is 17.2 Å². The van der Waals surface area contributed by atoms with Crippen molar-refractivity contribution in [1.82, 2.24) is 14.5 Å². The van der Waals surface area contributed by atoms with E-state index in [1.54, 1.807) is 21.3 Å². The second kappa shape index (κ2) is 22.8. The summed E-state index contributed by atoms with van der Waals surface area (Å²) in [7, 11) is 0.443. The van der Waals surface area contributed by atoms with E-state index in [0.29, 0.717) is 38.2 Å². The van der Waals surface area contributed by atoms with E-state index in [1.165, 1.54) is 24.3 Å². The molecule has 0 radical (unpaired) electrons. The van der Waals surface area contributed by atoms with Gasteiger partial charge in [0.05, 0.1) is 32.9 Å². The number of benzene rings is 6. The highest BCUT2D eigenvalue weighted by Gasteiger charge is 2.32. The van der Waals surface area contributed by atoms with Crippen LogP contribution in [-0.2, 0) is 42.4 Å². The van der Waals surface area contributed by atoms with Gasteiger partial charge in [0.15, 0.2) is 4.90 Å². The van der Waals surface area contributed by atoms with E-state index >= 15 is 0 Å². The van der Waals surface area contributed by atoms with Gasteiger partial charge in [0, 0.05) is 50.4 Å². The van der Waals surface area contributed by atoms with Crippen molar-refractivity contribution in [2.75, 3.05) is 41.0 Å². The molecule has 0 heterocycles. The molecule has 6 rings (SSSR count). The lowest BCUT2D eigenvalue weighted by molar-refractivity contribution is -0.387. The van der Waals surface area contributed by atoms with Crippen LogP contribution in [0.3, 0.4) is 0 Å². The molecule has 2 N–H and O–H groups in total. The van der Waals surface area contributed by atoms with Crippen LogP contribution in [0.5, 0.6) is 17.2 Å². The maximum absolute atomic E-state index is 14.3. The van der Waals surface area contributed by atoms with Gasteiger partial charge in [-0.15, -0.1) is 0 Å². The SMILES string of the molecule is COc1ccc(C[C@@H](CN(Cc2ccccc2)[C@@H](Cc2ccc(OC)cc2)CN(Cc2ccccc2)[C@H](CO)Cc2ccc(OC)cc2)NS(=O)(=O)c2ccccc2[N+](=O)[O-])cc1. The Labute approximate surface area is 370 Å². The first-order valence-electron chi connectivity index (χ1n) is 20.9. The third-order valence-corrected chi connectivity index (χ3v) is 12.7. The monoisotopic (exact) mass is 872 g/mol. The van der Waals surface area contributed by atoms with Crippen molar-refractivity contribution in [3.8, 4) is 17.2 Å². The Morgan fingerprint density at radius 2 is 0.968 bits per heavy atom. The van der Waals surface area contributed by atoms with Crippen molar-refractivity contribution >= 4 is 15.7 Å². The zero-order valence-corrected chi connectivity index (χ0v) is 36.8. The van der Waals surface area contributed by atoms with E-state index in [0.717, 1.165) is 39.3 Å². The van der Waals surface area contributed by atoms with Gasteiger partial charge in [0.25, 0.3) is 5.69 Å². The number of hydrogen-bond acceptors (Lipinski definition) is 10. The molecule has 0 fully saturated rings. The Morgan fingerprint density at radius 3 is 1.41 bits per heavy atom. The first kappa shape index (κ1) is 46.4. The van der Waals surface area contributed by atoms with Crippen molar-refractivity contribution in [1.29, 1.82) is 0 Å². The Kier molecular flexibility index (Phi) is 16.8. The van der Waals surface area contributed by atoms with E-state index < -0.39 is 31.6 Å². The van der Waals surface area contributed by atoms with Gasteiger partial charge in [0.2, 0.25) is 10.0 Å². The summed E-state index contributed by atoms with van der Waals surface area (Å²) in [6.07, 6.45) is 1.40. The number of para-hydroxylation sites is 1. The lowest BCUT2D eigenvalue weighted by Gasteiger charge is -2.40. The molecule has 330 valence electrons. The van der Waals surface area contributed by atoms with Gasteiger partial charge in [-0.1, -0.05) is 109 Å². The number of sulfonamides is 1. The number of nitrogens with zero attached hydrogens (tertiary/aromatic N) is 3. The van der Waals surface area contributed by atoms with Crippen LogP contribution >= 0.6 is 0 Å². The minimum absolute atomic E-state index is 0.109. The lowest BCUT2D eigenvalue weighted by Crippen LogP contribution is -2.53. The number of hydrogen-bond donors (Lipinski definition) is 2. The summed E-state index contributed by atoms with van der Waals surface area (Å²) >= 11 is 0. The van der Waals surface area contributed by atoms with Crippen molar-refractivity contribution in [3.05, 3.63) is 196 Å². The van der Waals surface area contributed by atoms with E-state index in [9.17, 15) is 23.6 Å². The molecule has 0 spiro atoms. The van der Waals surface area contributed by atoms with E-state index in [2.05, 4.69) is 38.8 Å². The highest BCUT2D eigenvalue weighted by molar-refractivity contribution is 7.89. The standard InChI is InChI=1S/C50H56N4O8S/c1-60-46-24-18-38(19-25-46)30-43(51-63(58,59)50-17-11-10-16-49(50)54(56)57)35-52(33-41-12-6-4-7-13-41)44(31-39-20-26-47(61-2)27-21-39)36-53(34-42-14-8-5-9-15-42)45(37-55)32-40-22-28-48(62-3)29-23-40/h4-29,43-45,51,55H,30-37H2,1-3H3/t43-,44-,45-/m0/s1. The summed E-state index contributed by atoms with van der Waals surface area (Å²) in [5, 5.41) is 23.3. The molecule has 0 unspecified atom stereocenters. The van der Waals surface area contributed by atoms with Crippen LogP contribution in [0.4, 0.5) is 5.69 Å². The summed E-state index contributed by atoms with van der Waals surface area (Å²) in [4.78, 5) is 15.6. The molecule has 6 aromatic carbocycles. The van der Waals surface area contributed by atoms with Crippen molar-refractivity contribution in [2.24, 2.45) is 0 Å². The third kappa shape index (κ3) is 13.5. The zero-order valence-electron chi connectivity index (χ0n) is 36.0. The van der Waals surface area contributed by atoms with E-state index in [4.69, 9.17) is 14.2 Å². The van der Waals surface area contributed by atoms with Crippen molar-refractivity contribution in [2.45, 2.75) is 55.4 Å². The molecular formula is C50H56N4O8S. The fourth-order valence-corrected chi connectivity index (χ4v) is 9.27. The third-order valence-electron chi connectivity index (χ3n) is 11.2. The van der Waals surface area contributed by atoms with Crippen LogP contribution in [0, 0.1) is 10.1 Å². The number of aliphatic hydroxyl groups excluding tert-OH is 1. The Bertz CT molecular complexity index is 2420. The quantitative estimate of drug-likeness (QED) is 0.0458. The summed E-state index contributed by atoms with van der Waals surface area (Å²) in [6, 6.07) is 47.6. The maximum Gasteiger partial charge on any atom is 0.289 e. The Morgan fingerprint density at radius 1 is 0.556 bits per heavy atom. The van der Waals surface area contributed by atoms with Gasteiger partial charge >= 0.3 is 0 Å². The molecule has 63 heavy (non-hydrogen) atoms. The lowest BCUT2D eigenvalue weighted by atomic mass is 9.98. The van der Waals surface area contributed by atoms with Crippen LogP contribution in [0.25, 0.3) is 0 Å². The normalized spacial score (nSPS) is 13.0. The molecule has 0 saturated heterocycles. The van der Waals surface area contributed by atoms with Crippen LogP contribution in [0.15, 0.2) is 163 Å². The van der Waals surface area contributed by atoms with Crippen LogP contribution in [0.1, 0.15) is 27.8 Å². The second-order valence-corrected chi connectivity index (χ2v) is 17.2. The molecule has 12 nitrogen and oxygen atoms in total. The summed E-state index contributed by atoms with van der Waals surface area (Å²) in [6.45, 7) is 1.60. The van der Waals surface area contributed by atoms with Gasteiger partial charge < -0.3 is 19.3 Å². The minimum atomic E-state index is -4.41. The molecule has 6 aromatic rings. The molecule has 0 aliphatic heterocycles. The fraction of sp³-hybridized carbons (Fsp3) is 0.280. The number of methoxy groups -OCH3 is 3. The average Bonchev–Trinajstić information content (AvgIpc) is 3.31. The first-order valence-corrected chi connectivity index (χ1v) is 22.4. The molecule has 0 aliphatic carbocycles. The first-order chi connectivity index (χ1) is 30.6. The largest absolute Gasteiger partial charge is 0.497 e. The second-order valence-electron chi connectivity index (χ2n) is 15.5. The van der Waals surface area contributed by atoms with Gasteiger partial charge in [-0.25, -0.2) is 13.1 Å². The highest BCUT2D eigenvalue weighted by Crippen LogP contribution is 2.26. The highest BCUT2D eigenvalue weighted by atomic mass is 32.2. The molecule has 0 saturated carbocycles. The van der Waals surface area contributed by atoms with Crippen LogP contribution in [0.2, 0.25) is 0 Å². The van der Waals surface area contributed by atoms with E-state index in [1.807, 2.05) is 109 Å². The van der Waals surface area contributed by atoms with Crippen LogP contribution in [-0.4, -0.2) is 87.4 Å².